The summed E-state index contributed by atoms with van der Waals surface area (Å²) in [7, 11) is 0. The number of anilines is 2. The Morgan fingerprint density at radius 3 is 2.09 bits per heavy atom. The van der Waals surface area contributed by atoms with Gasteiger partial charge in [0.25, 0.3) is 0 Å². The fourth-order valence-corrected chi connectivity index (χ4v) is 7.60. The maximum absolute atomic E-state index is 3.65. The molecule has 0 fully saturated rings. The number of fused-ring (bicyclic) bond motifs is 7. The Hall–Kier alpha value is -5.38. The van der Waals surface area contributed by atoms with E-state index < -0.39 is 0 Å². The smallest absolute Gasteiger partial charge is 0.0548 e. The van der Waals surface area contributed by atoms with Crippen molar-refractivity contribution in [2.24, 2.45) is 0 Å². The van der Waals surface area contributed by atoms with Crippen molar-refractivity contribution in [3.63, 3.8) is 0 Å². The van der Waals surface area contributed by atoms with Crippen LogP contribution in [0.4, 0.5) is 11.4 Å². The van der Waals surface area contributed by atoms with Crippen molar-refractivity contribution in [1.82, 2.24) is 4.57 Å². The third-order valence-corrected chi connectivity index (χ3v) is 9.67. The lowest BCUT2D eigenvalue weighted by Gasteiger charge is -2.12. The van der Waals surface area contributed by atoms with E-state index in [1.807, 2.05) is 11.3 Å². The van der Waals surface area contributed by atoms with Crippen LogP contribution in [0, 0.1) is 0 Å². The van der Waals surface area contributed by atoms with Gasteiger partial charge in [0.2, 0.25) is 0 Å². The topological polar surface area (TPSA) is 17.0 Å². The second-order valence-corrected chi connectivity index (χ2v) is 12.2. The minimum absolute atomic E-state index is 1.06. The molecule has 2 heterocycles. The molecule has 0 radical (unpaired) electrons. The predicted molar refractivity (Wildman–Crippen MR) is 186 cm³/mol. The van der Waals surface area contributed by atoms with E-state index in [0.29, 0.717) is 0 Å². The number of benzene rings is 7. The molecule has 0 saturated heterocycles. The third-order valence-electron chi connectivity index (χ3n) is 8.53. The molecule has 7 aromatic carbocycles. The summed E-state index contributed by atoms with van der Waals surface area (Å²) in [5.41, 5.74) is 8.15. The number of para-hydroxylation sites is 1. The Kier molecular flexibility index (Phi) is 5.40. The molecule has 9 aromatic rings. The van der Waals surface area contributed by atoms with E-state index >= 15 is 0 Å². The molecule has 0 spiro atoms. The molecule has 1 N–H and O–H groups in total. The van der Waals surface area contributed by atoms with E-state index in [4.69, 9.17) is 0 Å². The highest BCUT2D eigenvalue weighted by Gasteiger charge is 2.15. The lowest BCUT2D eigenvalue weighted by Crippen LogP contribution is -1.96. The van der Waals surface area contributed by atoms with E-state index in [9.17, 15) is 0 Å². The highest BCUT2D eigenvalue weighted by Crippen LogP contribution is 2.40. The molecule has 3 heteroatoms. The normalized spacial score (nSPS) is 11.7. The van der Waals surface area contributed by atoms with Crippen molar-refractivity contribution in [1.29, 1.82) is 0 Å². The van der Waals surface area contributed by atoms with Crippen molar-refractivity contribution in [2.75, 3.05) is 5.32 Å². The molecule has 9 rings (SSSR count). The van der Waals surface area contributed by atoms with Crippen LogP contribution in [-0.2, 0) is 0 Å². The van der Waals surface area contributed by atoms with Gasteiger partial charge in [0.15, 0.2) is 0 Å². The van der Waals surface area contributed by atoms with Gasteiger partial charge in [-0.15, -0.1) is 11.3 Å². The van der Waals surface area contributed by atoms with Gasteiger partial charge in [-0.3, -0.25) is 0 Å². The van der Waals surface area contributed by atoms with Crippen molar-refractivity contribution < 1.29 is 0 Å². The first-order valence-electron chi connectivity index (χ1n) is 14.6. The average Bonchev–Trinajstić information content (AvgIpc) is 3.59. The zero-order chi connectivity index (χ0) is 28.3. The summed E-state index contributed by atoms with van der Waals surface area (Å²) in [6.45, 7) is 0. The van der Waals surface area contributed by atoms with Crippen LogP contribution < -0.4 is 5.32 Å². The van der Waals surface area contributed by atoms with E-state index in [2.05, 4.69) is 162 Å². The summed E-state index contributed by atoms with van der Waals surface area (Å²) in [5, 5.41) is 11.4. The summed E-state index contributed by atoms with van der Waals surface area (Å²) < 4.78 is 5.07. The number of hydrogen-bond donors (Lipinski definition) is 1. The third kappa shape index (κ3) is 4.01. The molecule has 202 valence electrons. The standard InChI is InChI=1S/C40H26N2S/c1-2-9-28-22-29(17-16-26(28)8-1)27-18-20-30(21-19-27)41-31-10-7-11-32(23-31)42-37-14-5-3-12-33(37)35-25-40-36(24-38(35)42)34-13-4-6-15-39(34)43-40/h1-25,41H. The molecule has 0 bridgehead atoms. The molecule has 0 aliphatic carbocycles. The van der Waals surface area contributed by atoms with Gasteiger partial charge in [0.05, 0.1) is 11.0 Å². The second kappa shape index (κ2) is 9.59. The molecule has 2 aromatic heterocycles. The number of rotatable bonds is 4. The number of nitrogens with one attached hydrogen (secondary N) is 1. The van der Waals surface area contributed by atoms with E-state index in [-0.39, 0.29) is 0 Å². The van der Waals surface area contributed by atoms with Crippen molar-refractivity contribution in [3.8, 4) is 16.8 Å². The first-order chi connectivity index (χ1) is 21.3. The fraction of sp³-hybridized carbons (Fsp3) is 0. The monoisotopic (exact) mass is 566 g/mol. The van der Waals surface area contributed by atoms with E-state index in [1.165, 1.54) is 63.9 Å². The molecule has 0 saturated carbocycles. The SMILES string of the molecule is c1cc(Nc2ccc(-c3ccc4ccccc4c3)cc2)cc(-n2c3ccccc3c3cc4sc5ccccc5c4cc32)c1. The van der Waals surface area contributed by atoms with Gasteiger partial charge in [-0.25, -0.2) is 0 Å². The van der Waals surface area contributed by atoms with E-state index in [1.54, 1.807) is 0 Å². The predicted octanol–water partition coefficient (Wildman–Crippen LogP) is 11.7. The van der Waals surface area contributed by atoms with Crippen LogP contribution >= 0.6 is 11.3 Å². The lowest BCUT2D eigenvalue weighted by molar-refractivity contribution is 1.18. The zero-order valence-corrected chi connectivity index (χ0v) is 24.1. The minimum atomic E-state index is 1.06. The zero-order valence-electron chi connectivity index (χ0n) is 23.3. The number of hydrogen-bond acceptors (Lipinski definition) is 2. The first kappa shape index (κ1) is 24.2. The summed E-state index contributed by atoms with van der Waals surface area (Å²) >= 11 is 1.87. The Bertz CT molecular complexity index is 2480. The maximum Gasteiger partial charge on any atom is 0.0548 e. The number of thiophene rings is 1. The van der Waals surface area contributed by atoms with Crippen LogP contribution in [0.25, 0.3) is 69.6 Å². The van der Waals surface area contributed by atoms with Crippen molar-refractivity contribution >= 4 is 75.5 Å². The van der Waals surface area contributed by atoms with Gasteiger partial charge in [-0.2, -0.15) is 0 Å². The molecule has 0 aliphatic heterocycles. The summed E-state index contributed by atoms with van der Waals surface area (Å²) in [5.74, 6) is 0. The van der Waals surface area contributed by atoms with Crippen LogP contribution in [0.3, 0.4) is 0 Å². The molecular formula is C40H26N2S. The van der Waals surface area contributed by atoms with Crippen LogP contribution in [0.1, 0.15) is 0 Å². The largest absolute Gasteiger partial charge is 0.355 e. The van der Waals surface area contributed by atoms with Crippen LogP contribution in [0.15, 0.2) is 152 Å². The first-order valence-corrected chi connectivity index (χ1v) is 15.4. The average molecular weight is 567 g/mol. The lowest BCUT2D eigenvalue weighted by atomic mass is 10.0. The second-order valence-electron chi connectivity index (χ2n) is 11.1. The molecular weight excluding hydrogens is 541 g/mol. The highest BCUT2D eigenvalue weighted by atomic mass is 32.1. The van der Waals surface area contributed by atoms with Crippen molar-refractivity contribution in [2.45, 2.75) is 0 Å². The fourth-order valence-electron chi connectivity index (χ4n) is 6.47. The Labute approximate surface area is 253 Å². The van der Waals surface area contributed by atoms with Gasteiger partial charge in [-0.1, -0.05) is 91.0 Å². The number of nitrogens with zero attached hydrogens (tertiary/aromatic N) is 1. The van der Waals surface area contributed by atoms with Crippen LogP contribution in [-0.4, -0.2) is 4.57 Å². The van der Waals surface area contributed by atoms with Gasteiger partial charge >= 0.3 is 0 Å². The molecule has 43 heavy (non-hydrogen) atoms. The molecule has 0 aliphatic rings. The molecule has 0 unspecified atom stereocenters. The summed E-state index contributed by atoms with van der Waals surface area (Å²) in [6, 6.07) is 54.9. The van der Waals surface area contributed by atoms with Crippen LogP contribution in [0.2, 0.25) is 0 Å². The van der Waals surface area contributed by atoms with Gasteiger partial charge in [0.1, 0.15) is 0 Å². The Morgan fingerprint density at radius 2 is 1.19 bits per heavy atom. The van der Waals surface area contributed by atoms with Gasteiger partial charge < -0.3 is 9.88 Å². The summed E-state index contributed by atoms with van der Waals surface area (Å²) in [4.78, 5) is 0. The quantitative estimate of drug-likeness (QED) is 0.224. The number of aromatic nitrogens is 1. The van der Waals surface area contributed by atoms with E-state index in [0.717, 1.165) is 17.1 Å². The molecule has 0 amide bonds. The molecule has 2 nitrogen and oxygen atoms in total. The maximum atomic E-state index is 3.65. The van der Waals surface area contributed by atoms with Crippen molar-refractivity contribution in [3.05, 3.63) is 152 Å². The highest BCUT2D eigenvalue weighted by molar-refractivity contribution is 7.25. The Morgan fingerprint density at radius 1 is 0.419 bits per heavy atom. The minimum Gasteiger partial charge on any atom is -0.355 e. The summed E-state index contributed by atoms with van der Waals surface area (Å²) in [6.07, 6.45) is 0. The Balaban J connectivity index is 1.11. The van der Waals surface area contributed by atoms with Gasteiger partial charge in [0, 0.05) is 48.0 Å². The molecule has 0 atom stereocenters. The van der Waals surface area contributed by atoms with Crippen LogP contribution in [0.5, 0.6) is 0 Å². The van der Waals surface area contributed by atoms with Gasteiger partial charge in [-0.05, 0) is 82.6 Å².